The van der Waals surface area contributed by atoms with E-state index in [1.807, 2.05) is 60.7 Å². The first-order valence-corrected chi connectivity index (χ1v) is 18.1. The molecule has 2 heterocycles. The number of nitrogens with zero attached hydrogens (tertiary/aromatic N) is 3. The average molecular weight is 682 g/mol. The maximum absolute atomic E-state index is 7.49. The van der Waals surface area contributed by atoms with Crippen LogP contribution in [0, 0.1) is 0 Å². The maximum Gasteiger partial charge on any atom is 0.178 e. The molecule has 1 atom stereocenters. The lowest BCUT2D eigenvalue weighted by atomic mass is 9.77. The minimum absolute atomic E-state index is 0.191. The largest absolute Gasteiger partial charge is 0.472 e. The van der Waals surface area contributed by atoms with Crippen LogP contribution < -0.4 is 4.74 Å². The molecule has 0 fully saturated rings. The number of rotatable bonds is 5. The van der Waals surface area contributed by atoms with Gasteiger partial charge < -0.3 is 4.74 Å². The van der Waals surface area contributed by atoms with Gasteiger partial charge in [-0.25, -0.2) is 15.0 Å². The van der Waals surface area contributed by atoms with Crippen LogP contribution in [0.5, 0.6) is 5.75 Å². The highest BCUT2D eigenvalue weighted by atomic mass is 16.5. The summed E-state index contributed by atoms with van der Waals surface area (Å²) >= 11 is 0. The van der Waals surface area contributed by atoms with Crippen molar-refractivity contribution >= 4 is 16.8 Å². The summed E-state index contributed by atoms with van der Waals surface area (Å²) in [6.07, 6.45) is 4.56. The van der Waals surface area contributed by atoms with Crippen LogP contribution in [-0.4, -0.2) is 15.0 Å². The third-order valence-electron chi connectivity index (χ3n) is 10.9. The number of hydrogen-bond acceptors (Lipinski definition) is 4. The van der Waals surface area contributed by atoms with Crippen molar-refractivity contribution in [2.45, 2.75) is 24.9 Å². The smallest absolute Gasteiger partial charge is 0.178 e. The van der Waals surface area contributed by atoms with E-state index in [0.29, 0.717) is 17.5 Å². The van der Waals surface area contributed by atoms with Crippen LogP contribution in [0.15, 0.2) is 170 Å². The van der Waals surface area contributed by atoms with Crippen molar-refractivity contribution in [1.82, 2.24) is 15.0 Å². The molecule has 1 aliphatic heterocycles. The van der Waals surface area contributed by atoms with Crippen molar-refractivity contribution < 1.29 is 4.74 Å². The zero-order chi connectivity index (χ0) is 35.6. The average Bonchev–Trinajstić information content (AvgIpc) is 3.48. The van der Waals surface area contributed by atoms with Crippen molar-refractivity contribution in [3.05, 3.63) is 198 Å². The van der Waals surface area contributed by atoms with Crippen LogP contribution in [0.3, 0.4) is 0 Å². The van der Waals surface area contributed by atoms with Crippen LogP contribution in [0.1, 0.15) is 41.7 Å². The summed E-state index contributed by atoms with van der Waals surface area (Å²) in [5.41, 5.74) is 10.2. The van der Waals surface area contributed by atoms with E-state index in [0.717, 1.165) is 44.5 Å². The molecule has 10 rings (SSSR count). The molecule has 53 heavy (non-hydrogen) atoms. The SMILES string of the molecule is CC1(C)c2ccccc2-c2c1c1c(c3ccccc23)OC(c2ccccc2)(c2ccc(-c3nc(-c4ccccc4)nc(-c4ccccc4)n3)cc2)C=C1. The molecule has 0 saturated carbocycles. The predicted molar refractivity (Wildman–Crippen MR) is 215 cm³/mol. The Morgan fingerprint density at radius 2 is 0.962 bits per heavy atom. The van der Waals surface area contributed by atoms with Gasteiger partial charge in [-0.3, -0.25) is 0 Å². The van der Waals surface area contributed by atoms with E-state index in [9.17, 15) is 0 Å². The van der Waals surface area contributed by atoms with Gasteiger partial charge in [0.05, 0.1) is 0 Å². The molecule has 7 aromatic carbocycles. The summed E-state index contributed by atoms with van der Waals surface area (Å²) in [5, 5.41) is 2.33. The molecule has 8 aromatic rings. The van der Waals surface area contributed by atoms with Crippen LogP contribution in [0.4, 0.5) is 0 Å². The van der Waals surface area contributed by atoms with Crippen LogP contribution in [0.25, 0.3) is 62.1 Å². The van der Waals surface area contributed by atoms with Gasteiger partial charge in [-0.15, -0.1) is 0 Å². The summed E-state index contributed by atoms with van der Waals surface area (Å²) in [6, 6.07) is 56.7. The van der Waals surface area contributed by atoms with Crippen molar-refractivity contribution in [3.8, 4) is 51.0 Å². The molecule has 252 valence electrons. The van der Waals surface area contributed by atoms with Gasteiger partial charge in [0.2, 0.25) is 0 Å². The molecule has 4 heteroatoms. The van der Waals surface area contributed by atoms with E-state index in [2.05, 4.69) is 129 Å². The monoisotopic (exact) mass is 681 g/mol. The van der Waals surface area contributed by atoms with Crippen LogP contribution >= 0.6 is 0 Å². The third kappa shape index (κ3) is 4.87. The first-order valence-electron chi connectivity index (χ1n) is 18.1. The van der Waals surface area contributed by atoms with E-state index in [-0.39, 0.29) is 5.41 Å². The Labute approximate surface area is 309 Å². The molecule has 0 spiro atoms. The van der Waals surface area contributed by atoms with Gasteiger partial charge in [-0.05, 0) is 33.7 Å². The highest BCUT2D eigenvalue weighted by Crippen LogP contribution is 2.58. The van der Waals surface area contributed by atoms with Gasteiger partial charge in [0, 0.05) is 44.2 Å². The molecule has 0 radical (unpaired) electrons. The first-order chi connectivity index (χ1) is 26.0. The Balaban J connectivity index is 1.13. The predicted octanol–water partition coefficient (Wildman–Crippen LogP) is 11.7. The van der Waals surface area contributed by atoms with Gasteiger partial charge in [0.25, 0.3) is 0 Å². The van der Waals surface area contributed by atoms with Gasteiger partial charge in [-0.2, -0.15) is 0 Å². The van der Waals surface area contributed by atoms with Crippen LogP contribution in [-0.2, 0) is 11.0 Å². The Morgan fingerprint density at radius 3 is 1.58 bits per heavy atom. The summed E-state index contributed by atoms with van der Waals surface area (Å²) in [6.45, 7) is 4.68. The molecule has 1 aromatic heterocycles. The topological polar surface area (TPSA) is 47.9 Å². The fraction of sp³-hybridized carbons (Fsp3) is 0.0816. The Kier molecular flexibility index (Phi) is 7.02. The lowest BCUT2D eigenvalue weighted by Crippen LogP contribution is -2.35. The standard InChI is InChI=1S/C49H35N3O/c1-48(2)41-25-15-14-24-39(41)42-37-22-12-13-23-38(37)44-40(43(42)48)30-31-49(53-44,35-20-10-5-11-21-35)36-28-26-34(27-29-36)47-51-45(32-16-6-3-7-17-32)50-46(52-47)33-18-8-4-9-19-33/h3-31H,1-2H3. The summed E-state index contributed by atoms with van der Waals surface area (Å²) < 4.78 is 7.49. The number of hydrogen-bond donors (Lipinski definition) is 0. The fourth-order valence-corrected chi connectivity index (χ4v) is 8.37. The molecule has 2 aliphatic rings. The number of ether oxygens (including phenoxy) is 1. The Hall–Kier alpha value is -6.65. The Bertz CT molecular complexity index is 2650. The molecule has 4 nitrogen and oxygen atoms in total. The van der Waals surface area contributed by atoms with E-state index in [1.54, 1.807) is 0 Å². The summed E-state index contributed by atoms with van der Waals surface area (Å²) in [5.74, 6) is 2.80. The molecule has 0 saturated heterocycles. The van der Waals surface area contributed by atoms with Gasteiger partial charge >= 0.3 is 0 Å². The number of benzene rings is 7. The van der Waals surface area contributed by atoms with Gasteiger partial charge in [0.15, 0.2) is 23.1 Å². The summed E-state index contributed by atoms with van der Waals surface area (Å²) in [7, 11) is 0. The van der Waals surface area contributed by atoms with Gasteiger partial charge in [0.1, 0.15) is 5.75 Å². The van der Waals surface area contributed by atoms with E-state index in [1.165, 1.54) is 27.6 Å². The minimum atomic E-state index is -0.872. The van der Waals surface area contributed by atoms with Crippen molar-refractivity contribution in [2.75, 3.05) is 0 Å². The highest BCUT2D eigenvalue weighted by molar-refractivity contribution is 6.08. The zero-order valence-electron chi connectivity index (χ0n) is 29.5. The van der Waals surface area contributed by atoms with E-state index in [4.69, 9.17) is 19.7 Å². The summed E-state index contributed by atoms with van der Waals surface area (Å²) in [4.78, 5) is 14.8. The van der Waals surface area contributed by atoms with Crippen molar-refractivity contribution in [2.24, 2.45) is 0 Å². The molecule has 0 N–H and O–H groups in total. The quantitative estimate of drug-likeness (QED) is 0.181. The second-order valence-electron chi connectivity index (χ2n) is 14.4. The molecule has 1 aliphatic carbocycles. The second-order valence-corrected chi connectivity index (χ2v) is 14.4. The third-order valence-corrected chi connectivity index (χ3v) is 10.9. The molecule has 0 amide bonds. The number of aromatic nitrogens is 3. The maximum atomic E-state index is 7.49. The fourth-order valence-electron chi connectivity index (χ4n) is 8.37. The Morgan fingerprint density at radius 1 is 0.472 bits per heavy atom. The van der Waals surface area contributed by atoms with Crippen molar-refractivity contribution in [3.63, 3.8) is 0 Å². The molecule has 1 unspecified atom stereocenters. The number of fused-ring (bicyclic) bond motifs is 8. The van der Waals surface area contributed by atoms with Crippen LogP contribution in [0.2, 0.25) is 0 Å². The van der Waals surface area contributed by atoms with Crippen molar-refractivity contribution in [1.29, 1.82) is 0 Å². The normalized spacial score (nSPS) is 16.4. The highest BCUT2D eigenvalue weighted by Gasteiger charge is 2.44. The lowest BCUT2D eigenvalue weighted by molar-refractivity contribution is 0.163. The minimum Gasteiger partial charge on any atom is -0.472 e. The molecule has 0 bridgehead atoms. The van der Waals surface area contributed by atoms with E-state index >= 15 is 0 Å². The first kappa shape index (κ1) is 31.1. The molecular formula is C49H35N3O. The van der Waals surface area contributed by atoms with Gasteiger partial charge in [-0.1, -0.05) is 184 Å². The zero-order valence-corrected chi connectivity index (χ0v) is 29.5. The second kappa shape index (κ2) is 12.0. The van der Waals surface area contributed by atoms with E-state index < -0.39 is 5.60 Å². The lowest BCUT2D eigenvalue weighted by Gasteiger charge is -2.38. The molecular weight excluding hydrogens is 647 g/mol.